The number of hydrogen-bond acceptors (Lipinski definition) is 1. The van der Waals surface area contributed by atoms with Gasteiger partial charge in [-0.15, -0.1) is 13.2 Å². The predicted molar refractivity (Wildman–Crippen MR) is 114 cm³/mol. The molecule has 0 spiro atoms. The summed E-state index contributed by atoms with van der Waals surface area (Å²) in [4.78, 5) is 0. The van der Waals surface area contributed by atoms with Gasteiger partial charge in [-0.1, -0.05) is 31.9 Å². The second-order valence-electron chi connectivity index (χ2n) is 9.69. The van der Waals surface area contributed by atoms with Crippen LogP contribution in [0.2, 0.25) is 0 Å². The molecule has 0 atom stereocenters. The Bertz CT molecular complexity index is 946. The van der Waals surface area contributed by atoms with Crippen LogP contribution >= 0.6 is 0 Å². The molecule has 1 nitrogen and oxygen atoms in total. The summed E-state index contributed by atoms with van der Waals surface area (Å²) in [6, 6.07) is 5.88. The van der Waals surface area contributed by atoms with Gasteiger partial charge in [-0.2, -0.15) is 0 Å². The summed E-state index contributed by atoms with van der Waals surface area (Å²) in [6.07, 6.45) is 4.23. The Labute approximate surface area is 190 Å². The van der Waals surface area contributed by atoms with E-state index in [0.717, 1.165) is 49.0 Å². The van der Waals surface area contributed by atoms with Crippen LogP contribution in [0.15, 0.2) is 30.3 Å². The molecular weight excluding hydrogens is 442 g/mol. The molecule has 2 aromatic carbocycles. The molecule has 0 N–H and O–H groups in total. The van der Waals surface area contributed by atoms with Crippen molar-refractivity contribution in [2.24, 2.45) is 17.8 Å². The number of benzene rings is 2. The lowest BCUT2D eigenvalue weighted by Crippen LogP contribution is -2.24. The highest BCUT2D eigenvalue weighted by molar-refractivity contribution is 5.66. The van der Waals surface area contributed by atoms with Gasteiger partial charge in [-0.3, -0.25) is 0 Å². The van der Waals surface area contributed by atoms with Crippen LogP contribution in [0.4, 0.5) is 26.3 Å². The van der Waals surface area contributed by atoms with Crippen molar-refractivity contribution in [2.45, 2.75) is 70.6 Å². The SMILES string of the molecule is CC1CCC(C2CCC(c3ccc(-c4cc(F)c(OC(F)(F)F)c(F)c4)c(F)c3)CC2)CC1. The summed E-state index contributed by atoms with van der Waals surface area (Å²) < 4.78 is 83.4. The second kappa shape index (κ2) is 9.59. The average Bonchev–Trinajstić information content (AvgIpc) is 2.76. The van der Waals surface area contributed by atoms with Crippen molar-refractivity contribution in [3.63, 3.8) is 0 Å². The molecular formula is C26H28F6O. The third kappa shape index (κ3) is 5.67. The van der Waals surface area contributed by atoms with E-state index in [9.17, 15) is 26.3 Å². The molecule has 0 heterocycles. The molecule has 0 saturated heterocycles. The molecule has 2 fully saturated rings. The first-order chi connectivity index (χ1) is 15.6. The van der Waals surface area contributed by atoms with E-state index >= 15 is 0 Å². The smallest absolute Gasteiger partial charge is 0.399 e. The number of rotatable bonds is 4. The molecule has 0 amide bonds. The predicted octanol–water partition coefficient (Wildman–Crippen LogP) is 8.77. The summed E-state index contributed by atoms with van der Waals surface area (Å²) in [5, 5.41) is 0. The largest absolute Gasteiger partial charge is 0.573 e. The second-order valence-corrected chi connectivity index (χ2v) is 9.69. The van der Waals surface area contributed by atoms with Crippen molar-refractivity contribution in [3.05, 3.63) is 53.3 Å². The standard InChI is InChI=1S/C26H28F6O/c1-15-2-4-16(5-3-15)17-6-8-18(9-7-17)19-10-11-21(22(27)12-19)20-13-23(28)25(24(29)14-20)33-26(30,31)32/h10-18H,2-9H2,1H3. The Morgan fingerprint density at radius 3 is 1.79 bits per heavy atom. The number of ether oxygens (including phenoxy) is 1. The van der Waals surface area contributed by atoms with Crippen molar-refractivity contribution in [2.75, 3.05) is 0 Å². The summed E-state index contributed by atoms with van der Waals surface area (Å²) >= 11 is 0. The van der Waals surface area contributed by atoms with Gasteiger partial charge in [-0.05, 0) is 91.5 Å². The Balaban J connectivity index is 1.45. The molecule has 2 aromatic rings. The van der Waals surface area contributed by atoms with Gasteiger partial charge in [0.25, 0.3) is 0 Å². The molecule has 0 aromatic heterocycles. The van der Waals surface area contributed by atoms with Gasteiger partial charge in [0.1, 0.15) is 5.82 Å². The Morgan fingerprint density at radius 2 is 1.27 bits per heavy atom. The number of alkyl halides is 3. The van der Waals surface area contributed by atoms with Crippen LogP contribution in [0.1, 0.15) is 69.8 Å². The third-order valence-electron chi connectivity index (χ3n) is 7.49. The van der Waals surface area contributed by atoms with Crippen LogP contribution < -0.4 is 4.74 Å². The van der Waals surface area contributed by atoms with Gasteiger partial charge < -0.3 is 4.74 Å². The van der Waals surface area contributed by atoms with E-state index in [4.69, 9.17) is 0 Å². The minimum absolute atomic E-state index is 0.0693. The zero-order valence-corrected chi connectivity index (χ0v) is 18.5. The molecule has 0 bridgehead atoms. The average molecular weight is 470 g/mol. The van der Waals surface area contributed by atoms with E-state index in [1.165, 1.54) is 37.8 Å². The van der Waals surface area contributed by atoms with E-state index in [2.05, 4.69) is 11.7 Å². The first-order valence-corrected chi connectivity index (χ1v) is 11.7. The molecule has 33 heavy (non-hydrogen) atoms. The topological polar surface area (TPSA) is 9.23 Å². The van der Waals surface area contributed by atoms with Crippen LogP contribution in [0, 0.1) is 35.2 Å². The maximum absolute atomic E-state index is 14.9. The summed E-state index contributed by atoms with van der Waals surface area (Å²) in [5.41, 5.74) is 0.601. The Hall–Kier alpha value is -2.18. The van der Waals surface area contributed by atoms with E-state index in [-0.39, 0.29) is 17.0 Å². The molecule has 2 aliphatic rings. The van der Waals surface area contributed by atoms with Gasteiger partial charge in [-0.25, -0.2) is 13.2 Å². The molecule has 2 saturated carbocycles. The van der Waals surface area contributed by atoms with Crippen molar-refractivity contribution in [3.8, 4) is 16.9 Å². The fourth-order valence-corrected chi connectivity index (χ4v) is 5.63. The van der Waals surface area contributed by atoms with E-state index < -0.39 is 29.6 Å². The highest BCUT2D eigenvalue weighted by Crippen LogP contribution is 2.44. The van der Waals surface area contributed by atoms with Crippen LogP contribution in [0.25, 0.3) is 11.1 Å². The Kier molecular flexibility index (Phi) is 6.96. The highest BCUT2D eigenvalue weighted by Gasteiger charge is 2.34. The molecule has 0 radical (unpaired) electrons. The summed E-state index contributed by atoms with van der Waals surface area (Å²) in [6.45, 7) is 2.32. The van der Waals surface area contributed by atoms with Crippen molar-refractivity contribution in [1.82, 2.24) is 0 Å². The van der Waals surface area contributed by atoms with E-state index in [1.54, 1.807) is 6.07 Å². The van der Waals surface area contributed by atoms with Gasteiger partial charge in [0.05, 0.1) is 0 Å². The zero-order chi connectivity index (χ0) is 23.8. The van der Waals surface area contributed by atoms with Crippen LogP contribution in [-0.2, 0) is 0 Å². The van der Waals surface area contributed by atoms with Crippen molar-refractivity contribution in [1.29, 1.82) is 0 Å². The van der Waals surface area contributed by atoms with E-state index in [1.807, 2.05) is 0 Å². The molecule has 2 aliphatic carbocycles. The van der Waals surface area contributed by atoms with Crippen LogP contribution in [0.3, 0.4) is 0 Å². The summed E-state index contributed by atoms with van der Waals surface area (Å²) in [5.74, 6) is -2.68. The quantitative estimate of drug-likeness (QED) is 0.406. The monoisotopic (exact) mass is 470 g/mol. The molecule has 0 aliphatic heterocycles. The molecule has 7 heteroatoms. The molecule has 4 rings (SSSR count). The minimum Gasteiger partial charge on any atom is -0.399 e. The fraction of sp³-hybridized carbons (Fsp3) is 0.538. The summed E-state index contributed by atoms with van der Waals surface area (Å²) in [7, 11) is 0. The Morgan fingerprint density at radius 1 is 0.727 bits per heavy atom. The third-order valence-corrected chi connectivity index (χ3v) is 7.49. The first-order valence-electron chi connectivity index (χ1n) is 11.7. The van der Waals surface area contributed by atoms with Crippen LogP contribution in [0.5, 0.6) is 5.75 Å². The van der Waals surface area contributed by atoms with Crippen molar-refractivity contribution >= 4 is 0 Å². The highest BCUT2D eigenvalue weighted by atomic mass is 19.4. The molecule has 0 unspecified atom stereocenters. The number of halogens is 6. The lowest BCUT2D eigenvalue weighted by atomic mass is 9.68. The van der Waals surface area contributed by atoms with Crippen molar-refractivity contribution < 1.29 is 31.1 Å². The lowest BCUT2D eigenvalue weighted by Gasteiger charge is -2.37. The zero-order valence-electron chi connectivity index (χ0n) is 18.5. The maximum atomic E-state index is 14.9. The first kappa shape index (κ1) is 24.0. The van der Waals surface area contributed by atoms with Gasteiger partial charge >= 0.3 is 6.36 Å². The normalized spacial score (nSPS) is 26.3. The van der Waals surface area contributed by atoms with Gasteiger partial charge in [0.15, 0.2) is 11.6 Å². The minimum atomic E-state index is -5.23. The molecule has 180 valence electrons. The van der Waals surface area contributed by atoms with Gasteiger partial charge in [0.2, 0.25) is 5.75 Å². The lowest BCUT2D eigenvalue weighted by molar-refractivity contribution is -0.276. The van der Waals surface area contributed by atoms with Crippen LogP contribution in [-0.4, -0.2) is 6.36 Å². The number of hydrogen-bond donors (Lipinski definition) is 0. The fourth-order valence-electron chi connectivity index (χ4n) is 5.63. The van der Waals surface area contributed by atoms with Gasteiger partial charge in [0, 0.05) is 5.56 Å². The van der Waals surface area contributed by atoms with E-state index in [0.29, 0.717) is 12.1 Å². The maximum Gasteiger partial charge on any atom is 0.573 e.